The van der Waals surface area contributed by atoms with E-state index in [2.05, 4.69) is 37.8 Å². The third-order valence-electron chi connectivity index (χ3n) is 2.73. The van der Waals surface area contributed by atoms with Gasteiger partial charge in [-0.15, -0.1) is 11.6 Å². The third-order valence-corrected chi connectivity index (χ3v) is 3.14. The standard InChI is InChI=1S/C11H19ClN2O/c1-5-7-8(12)9-13-10(15-14-9)11(3,4)6-2/h8H,5-7H2,1-4H3. The Hall–Kier alpha value is -0.570. The van der Waals surface area contributed by atoms with Gasteiger partial charge in [-0.05, 0) is 12.8 Å². The monoisotopic (exact) mass is 230 g/mol. The zero-order valence-corrected chi connectivity index (χ0v) is 10.6. The van der Waals surface area contributed by atoms with E-state index >= 15 is 0 Å². The lowest BCUT2D eigenvalue weighted by Crippen LogP contribution is -2.16. The average molecular weight is 231 g/mol. The second-order valence-corrected chi connectivity index (χ2v) is 4.98. The molecule has 1 unspecified atom stereocenters. The molecule has 15 heavy (non-hydrogen) atoms. The van der Waals surface area contributed by atoms with E-state index in [4.69, 9.17) is 16.1 Å². The van der Waals surface area contributed by atoms with Crippen LogP contribution in [0, 0.1) is 0 Å². The molecule has 0 amide bonds. The Morgan fingerprint density at radius 3 is 2.60 bits per heavy atom. The summed E-state index contributed by atoms with van der Waals surface area (Å²) >= 11 is 6.13. The zero-order valence-electron chi connectivity index (χ0n) is 9.88. The van der Waals surface area contributed by atoms with E-state index in [1.807, 2.05) is 0 Å². The summed E-state index contributed by atoms with van der Waals surface area (Å²) in [7, 11) is 0. The fourth-order valence-electron chi connectivity index (χ4n) is 1.17. The summed E-state index contributed by atoms with van der Waals surface area (Å²) in [5.41, 5.74) is -0.0614. The lowest BCUT2D eigenvalue weighted by atomic mass is 9.90. The molecule has 0 spiro atoms. The quantitative estimate of drug-likeness (QED) is 0.722. The van der Waals surface area contributed by atoms with Crippen LogP contribution in [0.15, 0.2) is 4.52 Å². The number of halogens is 1. The normalized spacial score (nSPS) is 14.2. The van der Waals surface area contributed by atoms with Gasteiger partial charge in [0.1, 0.15) is 0 Å². The van der Waals surface area contributed by atoms with Crippen molar-refractivity contribution in [2.24, 2.45) is 0 Å². The Morgan fingerprint density at radius 2 is 2.07 bits per heavy atom. The van der Waals surface area contributed by atoms with Crippen LogP contribution in [-0.4, -0.2) is 10.1 Å². The van der Waals surface area contributed by atoms with E-state index in [0.29, 0.717) is 11.7 Å². The van der Waals surface area contributed by atoms with Crippen LogP contribution in [0.5, 0.6) is 0 Å². The lowest BCUT2D eigenvalue weighted by molar-refractivity contribution is 0.299. The molecule has 0 aromatic carbocycles. The van der Waals surface area contributed by atoms with Crippen LogP contribution >= 0.6 is 11.6 Å². The lowest BCUT2D eigenvalue weighted by Gasteiger charge is -2.16. The van der Waals surface area contributed by atoms with Crippen molar-refractivity contribution in [2.45, 2.75) is 57.7 Å². The first-order valence-corrected chi connectivity index (χ1v) is 5.93. The molecule has 0 N–H and O–H groups in total. The molecule has 0 saturated carbocycles. The molecule has 0 aliphatic carbocycles. The minimum atomic E-state index is -0.125. The second kappa shape index (κ2) is 4.97. The van der Waals surface area contributed by atoms with Crippen molar-refractivity contribution in [2.75, 3.05) is 0 Å². The van der Waals surface area contributed by atoms with Gasteiger partial charge in [0.2, 0.25) is 5.89 Å². The highest BCUT2D eigenvalue weighted by atomic mass is 35.5. The van der Waals surface area contributed by atoms with Crippen LogP contribution in [0.3, 0.4) is 0 Å². The number of alkyl halides is 1. The van der Waals surface area contributed by atoms with Crippen LogP contribution < -0.4 is 0 Å². The maximum atomic E-state index is 6.13. The van der Waals surface area contributed by atoms with E-state index in [0.717, 1.165) is 19.3 Å². The first-order valence-electron chi connectivity index (χ1n) is 5.49. The minimum absolute atomic E-state index is 0.0614. The Bertz CT molecular complexity index is 309. The minimum Gasteiger partial charge on any atom is -0.339 e. The van der Waals surface area contributed by atoms with Gasteiger partial charge in [-0.1, -0.05) is 39.3 Å². The zero-order chi connectivity index (χ0) is 11.5. The molecule has 0 saturated heterocycles. The molecule has 1 aromatic heterocycles. The van der Waals surface area contributed by atoms with Gasteiger partial charge in [-0.3, -0.25) is 0 Å². The fourth-order valence-corrected chi connectivity index (χ4v) is 1.48. The number of hydrogen-bond donors (Lipinski definition) is 0. The molecule has 1 aromatic rings. The molecule has 0 fully saturated rings. The molecule has 1 heterocycles. The predicted octanol–water partition coefficient (Wildman–Crippen LogP) is 3.84. The number of nitrogens with zero attached hydrogens (tertiary/aromatic N) is 2. The Balaban J connectivity index is 2.80. The maximum absolute atomic E-state index is 6.13. The van der Waals surface area contributed by atoms with Crippen molar-refractivity contribution < 1.29 is 4.52 Å². The summed E-state index contributed by atoms with van der Waals surface area (Å²) in [5.74, 6) is 1.30. The van der Waals surface area contributed by atoms with Crippen LogP contribution in [0.25, 0.3) is 0 Å². The van der Waals surface area contributed by atoms with Gasteiger partial charge in [0, 0.05) is 5.41 Å². The summed E-state index contributed by atoms with van der Waals surface area (Å²) in [4.78, 5) is 4.36. The summed E-state index contributed by atoms with van der Waals surface area (Å²) in [6.07, 6.45) is 2.87. The van der Waals surface area contributed by atoms with Gasteiger partial charge in [-0.25, -0.2) is 0 Å². The number of aromatic nitrogens is 2. The molecule has 0 radical (unpaired) electrons. The molecule has 86 valence electrons. The second-order valence-electron chi connectivity index (χ2n) is 4.45. The first-order chi connectivity index (χ1) is 7.01. The van der Waals surface area contributed by atoms with Crippen LogP contribution in [-0.2, 0) is 5.41 Å². The average Bonchev–Trinajstić information content (AvgIpc) is 2.67. The van der Waals surface area contributed by atoms with E-state index in [9.17, 15) is 0 Å². The largest absolute Gasteiger partial charge is 0.339 e. The van der Waals surface area contributed by atoms with E-state index in [-0.39, 0.29) is 10.8 Å². The van der Waals surface area contributed by atoms with E-state index in [1.165, 1.54) is 0 Å². The van der Waals surface area contributed by atoms with Gasteiger partial charge < -0.3 is 4.52 Å². The topological polar surface area (TPSA) is 38.9 Å². The van der Waals surface area contributed by atoms with Crippen molar-refractivity contribution in [3.05, 3.63) is 11.7 Å². The molecule has 0 aliphatic rings. The molecule has 0 aliphatic heterocycles. The highest BCUT2D eigenvalue weighted by Crippen LogP contribution is 2.28. The van der Waals surface area contributed by atoms with Crippen LogP contribution in [0.2, 0.25) is 0 Å². The molecule has 4 heteroatoms. The van der Waals surface area contributed by atoms with Crippen LogP contribution in [0.4, 0.5) is 0 Å². The maximum Gasteiger partial charge on any atom is 0.232 e. The molecule has 0 bridgehead atoms. The number of hydrogen-bond acceptors (Lipinski definition) is 3. The van der Waals surface area contributed by atoms with Crippen molar-refractivity contribution in [3.63, 3.8) is 0 Å². The first kappa shape index (κ1) is 12.5. The highest BCUT2D eigenvalue weighted by Gasteiger charge is 2.26. The predicted molar refractivity (Wildman–Crippen MR) is 61.1 cm³/mol. The SMILES string of the molecule is CCCC(Cl)c1noc(C(C)(C)CC)n1. The third kappa shape index (κ3) is 2.94. The van der Waals surface area contributed by atoms with E-state index in [1.54, 1.807) is 0 Å². The summed E-state index contributed by atoms with van der Waals surface area (Å²) < 4.78 is 5.24. The number of rotatable bonds is 5. The fraction of sp³-hybridized carbons (Fsp3) is 0.818. The van der Waals surface area contributed by atoms with Crippen molar-refractivity contribution in [1.29, 1.82) is 0 Å². The summed E-state index contributed by atoms with van der Waals surface area (Å²) in [5, 5.41) is 3.81. The van der Waals surface area contributed by atoms with E-state index < -0.39 is 0 Å². The van der Waals surface area contributed by atoms with Crippen molar-refractivity contribution in [1.82, 2.24) is 10.1 Å². The molecule has 1 rings (SSSR count). The smallest absolute Gasteiger partial charge is 0.232 e. The Morgan fingerprint density at radius 1 is 1.40 bits per heavy atom. The molecular formula is C11H19ClN2O. The molecule has 3 nitrogen and oxygen atoms in total. The van der Waals surface area contributed by atoms with Gasteiger partial charge >= 0.3 is 0 Å². The van der Waals surface area contributed by atoms with Gasteiger partial charge in [0.25, 0.3) is 0 Å². The van der Waals surface area contributed by atoms with Crippen molar-refractivity contribution in [3.8, 4) is 0 Å². The van der Waals surface area contributed by atoms with Crippen molar-refractivity contribution >= 4 is 11.6 Å². The van der Waals surface area contributed by atoms with Gasteiger partial charge in [0.15, 0.2) is 5.82 Å². The van der Waals surface area contributed by atoms with Gasteiger partial charge in [0.05, 0.1) is 5.38 Å². The summed E-state index contributed by atoms with van der Waals surface area (Å²) in [6, 6.07) is 0. The molecule has 1 atom stereocenters. The van der Waals surface area contributed by atoms with Crippen LogP contribution in [0.1, 0.15) is 64.0 Å². The molecular weight excluding hydrogens is 212 g/mol. The van der Waals surface area contributed by atoms with Gasteiger partial charge in [-0.2, -0.15) is 4.98 Å². The summed E-state index contributed by atoms with van der Waals surface area (Å²) in [6.45, 7) is 8.38. The Kier molecular flexibility index (Phi) is 4.14. The highest BCUT2D eigenvalue weighted by molar-refractivity contribution is 6.20. The Labute approximate surface area is 96.2 Å².